The molecule has 32 heavy (non-hydrogen) atoms. The highest BCUT2D eigenvalue weighted by atomic mass is 31.1. The fourth-order valence-corrected chi connectivity index (χ4v) is 6.10. The lowest BCUT2D eigenvalue weighted by Gasteiger charge is -2.21. The van der Waals surface area contributed by atoms with Crippen molar-refractivity contribution in [2.24, 2.45) is 5.10 Å². The quantitative estimate of drug-likeness (QED) is 0.221. The lowest BCUT2D eigenvalue weighted by molar-refractivity contribution is 1.26. The number of benzene rings is 4. The first-order valence-electron chi connectivity index (χ1n) is 10.5. The molecule has 0 fully saturated rings. The SMILES string of the molecule is C(=N\Nc1ccc2ccccc2n1)/c1ccccc1P(c1ccccc1)c1ccccc1. The molecule has 5 rings (SSSR count). The number of nitrogens with one attached hydrogen (secondary N) is 1. The van der Waals surface area contributed by atoms with Gasteiger partial charge in [0.15, 0.2) is 0 Å². The number of hydrogen-bond donors (Lipinski definition) is 1. The Morgan fingerprint density at radius 1 is 0.625 bits per heavy atom. The third-order valence-electron chi connectivity index (χ3n) is 5.19. The van der Waals surface area contributed by atoms with Crippen LogP contribution in [0.15, 0.2) is 126 Å². The molecule has 1 heterocycles. The van der Waals surface area contributed by atoms with Crippen LogP contribution >= 0.6 is 7.92 Å². The van der Waals surface area contributed by atoms with Crippen molar-refractivity contribution < 1.29 is 0 Å². The fourth-order valence-electron chi connectivity index (χ4n) is 3.68. The van der Waals surface area contributed by atoms with Crippen molar-refractivity contribution in [1.29, 1.82) is 0 Å². The number of nitrogens with zero attached hydrogens (tertiary/aromatic N) is 2. The first kappa shape index (κ1) is 20.1. The molecule has 0 aliphatic rings. The van der Waals surface area contributed by atoms with Crippen LogP contribution in [0.2, 0.25) is 0 Å². The van der Waals surface area contributed by atoms with Gasteiger partial charge in [-0.1, -0.05) is 103 Å². The van der Waals surface area contributed by atoms with Gasteiger partial charge in [0.05, 0.1) is 11.7 Å². The van der Waals surface area contributed by atoms with Gasteiger partial charge in [0.2, 0.25) is 0 Å². The van der Waals surface area contributed by atoms with E-state index in [0.29, 0.717) is 0 Å². The summed E-state index contributed by atoms with van der Waals surface area (Å²) < 4.78 is 0. The smallest absolute Gasteiger partial charge is 0.146 e. The van der Waals surface area contributed by atoms with Crippen molar-refractivity contribution in [2.45, 2.75) is 0 Å². The molecule has 0 saturated heterocycles. The molecule has 0 atom stereocenters. The van der Waals surface area contributed by atoms with E-state index in [1.165, 1.54) is 15.9 Å². The van der Waals surface area contributed by atoms with E-state index in [1.54, 1.807) is 0 Å². The Kier molecular flexibility index (Phi) is 6.00. The topological polar surface area (TPSA) is 37.3 Å². The van der Waals surface area contributed by atoms with Crippen LogP contribution in [0.1, 0.15) is 5.56 Å². The number of para-hydroxylation sites is 1. The van der Waals surface area contributed by atoms with E-state index in [9.17, 15) is 0 Å². The monoisotopic (exact) mass is 431 g/mol. The molecule has 1 aromatic heterocycles. The van der Waals surface area contributed by atoms with E-state index in [0.717, 1.165) is 22.3 Å². The Bertz CT molecular complexity index is 1310. The van der Waals surface area contributed by atoms with Crippen LogP contribution in [0, 0.1) is 0 Å². The molecular formula is C28H22N3P. The van der Waals surface area contributed by atoms with E-state index in [2.05, 4.69) is 113 Å². The summed E-state index contributed by atoms with van der Waals surface area (Å²) in [5, 5.41) is 9.55. The van der Waals surface area contributed by atoms with Crippen LogP contribution in [-0.4, -0.2) is 11.2 Å². The van der Waals surface area contributed by atoms with Crippen molar-refractivity contribution in [3.63, 3.8) is 0 Å². The summed E-state index contributed by atoms with van der Waals surface area (Å²) in [4.78, 5) is 4.64. The minimum Gasteiger partial charge on any atom is -0.261 e. The second-order valence-corrected chi connectivity index (χ2v) is 9.51. The van der Waals surface area contributed by atoms with Crippen LogP contribution in [-0.2, 0) is 0 Å². The third kappa shape index (κ3) is 4.44. The first-order chi connectivity index (χ1) is 15.9. The molecule has 3 nitrogen and oxygen atoms in total. The van der Waals surface area contributed by atoms with E-state index >= 15 is 0 Å². The molecule has 0 aliphatic carbocycles. The highest BCUT2D eigenvalue weighted by molar-refractivity contribution is 7.80. The molecule has 0 saturated carbocycles. The minimum absolute atomic E-state index is 0.696. The maximum atomic E-state index is 4.64. The molecule has 1 N–H and O–H groups in total. The van der Waals surface area contributed by atoms with E-state index in [-0.39, 0.29) is 0 Å². The highest BCUT2D eigenvalue weighted by Crippen LogP contribution is 2.33. The molecule has 4 aromatic carbocycles. The van der Waals surface area contributed by atoms with Crippen LogP contribution in [0.4, 0.5) is 5.82 Å². The molecule has 0 bridgehead atoms. The summed E-state index contributed by atoms with van der Waals surface area (Å²) in [6.07, 6.45) is 1.90. The maximum absolute atomic E-state index is 4.64. The molecule has 4 heteroatoms. The zero-order valence-corrected chi connectivity index (χ0v) is 18.4. The van der Waals surface area contributed by atoms with Crippen LogP contribution in [0.5, 0.6) is 0 Å². The van der Waals surface area contributed by atoms with E-state index < -0.39 is 7.92 Å². The van der Waals surface area contributed by atoms with Crippen molar-refractivity contribution in [3.8, 4) is 0 Å². The van der Waals surface area contributed by atoms with Gasteiger partial charge in [-0.15, -0.1) is 0 Å². The van der Waals surface area contributed by atoms with Gasteiger partial charge in [-0.2, -0.15) is 5.10 Å². The largest absolute Gasteiger partial charge is 0.261 e. The second kappa shape index (κ2) is 9.55. The summed E-state index contributed by atoms with van der Waals surface area (Å²) in [7, 11) is -0.696. The summed E-state index contributed by atoms with van der Waals surface area (Å²) in [6.45, 7) is 0. The Labute approximate surface area is 189 Å². The Hall–Kier alpha value is -3.81. The molecule has 0 aliphatic heterocycles. The van der Waals surface area contributed by atoms with Crippen molar-refractivity contribution in [3.05, 3.63) is 127 Å². The molecule has 5 aromatic rings. The number of anilines is 1. The Morgan fingerprint density at radius 3 is 2.00 bits per heavy atom. The van der Waals surface area contributed by atoms with Gasteiger partial charge in [-0.05, 0) is 42.0 Å². The predicted molar refractivity (Wildman–Crippen MR) is 138 cm³/mol. The molecule has 0 radical (unpaired) electrons. The zero-order valence-electron chi connectivity index (χ0n) is 17.5. The molecule has 154 valence electrons. The summed E-state index contributed by atoms with van der Waals surface area (Å²) >= 11 is 0. The lowest BCUT2D eigenvalue weighted by Crippen LogP contribution is -2.23. The van der Waals surface area contributed by atoms with Gasteiger partial charge in [0, 0.05) is 10.9 Å². The lowest BCUT2D eigenvalue weighted by atomic mass is 10.2. The molecule has 0 spiro atoms. The summed E-state index contributed by atoms with van der Waals surface area (Å²) in [5.41, 5.74) is 5.14. The second-order valence-electron chi connectivity index (χ2n) is 7.32. The summed E-state index contributed by atoms with van der Waals surface area (Å²) in [6, 6.07) is 42.0. The third-order valence-corrected chi connectivity index (χ3v) is 7.71. The maximum Gasteiger partial charge on any atom is 0.146 e. The van der Waals surface area contributed by atoms with Gasteiger partial charge in [-0.25, -0.2) is 4.98 Å². The zero-order chi connectivity index (χ0) is 21.6. The Balaban J connectivity index is 1.48. The van der Waals surface area contributed by atoms with Gasteiger partial charge in [0.25, 0.3) is 0 Å². The highest BCUT2D eigenvalue weighted by Gasteiger charge is 2.18. The number of hydrogen-bond acceptors (Lipinski definition) is 3. The molecule has 0 unspecified atom stereocenters. The Morgan fingerprint density at radius 2 is 1.25 bits per heavy atom. The normalized spacial score (nSPS) is 11.3. The van der Waals surface area contributed by atoms with E-state index in [1.807, 2.05) is 30.5 Å². The van der Waals surface area contributed by atoms with Crippen LogP contribution < -0.4 is 21.3 Å². The van der Waals surface area contributed by atoms with Crippen molar-refractivity contribution >= 4 is 46.8 Å². The van der Waals surface area contributed by atoms with Gasteiger partial charge in [0.1, 0.15) is 5.82 Å². The number of pyridine rings is 1. The molecular weight excluding hydrogens is 409 g/mol. The van der Waals surface area contributed by atoms with Gasteiger partial charge < -0.3 is 0 Å². The van der Waals surface area contributed by atoms with E-state index in [4.69, 9.17) is 0 Å². The summed E-state index contributed by atoms with van der Waals surface area (Å²) in [5.74, 6) is 0.728. The number of fused-ring (bicyclic) bond motifs is 1. The van der Waals surface area contributed by atoms with Crippen LogP contribution in [0.3, 0.4) is 0 Å². The van der Waals surface area contributed by atoms with Crippen LogP contribution in [0.25, 0.3) is 10.9 Å². The molecule has 0 amide bonds. The van der Waals surface area contributed by atoms with Crippen molar-refractivity contribution in [2.75, 3.05) is 5.43 Å². The van der Waals surface area contributed by atoms with Crippen molar-refractivity contribution in [1.82, 2.24) is 4.98 Å². The predicted octanol–water partition coefficient (Wildman–Crippen LogP) is 5.44. The average molecular weight is 431 g/mol. The fraction of sp³-hybridized carbons (Fsp3) is 0. The van der Waals surface area contributed by atoms with Gasteiger partial charge in [-0.3, -0.25) is 5.43 Å². The minimum atomic E-state index is -0.696. The first-order valence-corrected chi connectivity index (χ1v) is 11.9. The average Bonchev–Trinajstić information content (AvgIpc) is 2.86. The van der Waals surface area contributed by atoms with Gasteiger partial charge >= 0.3 is 0 Å². The number of aromatic nitrogens is 1. The standard InChI is InChI=1S/C28H22N3P/c1-3-13-24(14-4-1)32(25-15-5-2-6-16-25)27-18-10-8-12-23(27)21-29-31-28-20-19-22-11-7-9-17-26(22)30-28/h1-21H,(H,30,31)/b29-21+. The number of hydrazone groups is 1. The number of rotatable bonds is 6.